The molecule has 0 amide bonds. The van der Waals surface area contributed by atoms with Gasteiger partial charge in [0.25, 0.3) is 0 Å². The zero-order chi connectivity index (χ0) is 16.8. The average Bonchev–Trinajstić information content (AvgIpc) is 2.92. The maximum Gasteiger partial charge on any atom is 0.434 e. The molecule has 0 saturated heterocycles. The number of aromatic nitrogens is 2. The second kappa shape index (κ2) is 5.40. The number of benzene rings is 1. The van der Waals surface area contributed by atoms with Crippen molar-refractivity contribution in [1.29, 1.82) is 0 Å². The van der Waals surface area contributed by atoms with E-state index in [1.807, 2.05) is 6.92 Å². The van der Waals surface area contributed by atoms with Gasteiger partial charge in [-0.15, -0.1) is 0 Å². The lowest BCUT2D eigenvalue weighted by atomic mass is 9.99. The summed E-state index contributed by atoms with van der Waals surface area (Å²) in [7, 11) is 1.29. The summed E-state index contributed by atoms with van der Waals surface area (Å²) in [5, 5.41) is 0. The van der Waals surface area contributed by atoms with Crippen molar-refractivity contribution < 1.29 is 22.7 Å². The lowest BCUT2D eigenvalue weighted by Gasteiger charge is -2.11. The van der Waals surface area contributed by atoms with Crippen molar-refractivity contribution in [3.8, 4) is 11.4 Å². The van der Waals surface area contributed by atoms with E-state index in [1.165, 1.54) is 7.11 Å². The highest BCUT2D eigenvalue weighted by Gasteiger charge is 2.36. The molecule has 4 nitrogen and oxygen atoms in total. The highest BCUT2D eigenvalue weighted by molar-refractivity contribution is 5.90. The number of halogens is 3. The molecule has 1 aliphatic rings. The number of methoxy groups -OCH3 is 1. The van der Waals surface area contributed by atoms with Gasteiger partial charge in [0.1, 0.15) is 5.82 Å². The molecule has 0 spiro atoms. The van der Waals surface area contributed by atoms with Gasteiger partial charge in [-0.3, -0.25) is 0 Å². The topological polar surface area (TPSA) is 44.1 Å². The van der Waals surface area contributed by atoms with E-state index in [2.05, 4.69) is 9.72 Å². The molecule has 1 unspecified atom stereocenters. The number of aryl methyl sites for hydroxylation is 1. The summed E-state index contributed by atoms with van der Waals surface area (Å²) >= 11 is 0. The lowest BCUT2D eigenvalue weighted by Crippen LogP contribution is -2.06. The smallest absolute Gasteiger partial charge is 0.434 e. The molecule has 0 saturated carbocycles. The Hall–Kier alpha value is -2.31. The average molecular weight is 324 g/mol. The third-order valence-electron chi connectivity index (χ3n) is 4.10. The summed E-state index contributed by atoms with van der Waals surface area (Å²) in [5.74, 6) is -0.182. The summed E-state index contributed by atoms with van der Waals surface area (Å²) in [6.07, 6.45) is -2.10. The normalized spacial score (nSPS) is 17.2. The van der Waals surface area contributed by atoms with Gasteiger partial charge in [0.2, 0.25) is 0 Å². The zero-order valence-corrected chi connectivity index (χ0v) is 12.6. The predicted molar refractivity (Wildman–Crippen MR) is 77.0 cm³/mol. The Labute approximate surface area is 130 Å². The minimum atomic E-state index is -4.48. The Morgan fingerprint density at radius 2 is 2.13 bits per heavy atom. The van der Waals surface area contributed by atoms with Gasteiger partial charge >= 0.3 is 12.1 Å². The predicted octanol–water partition coefficient (Wildman–Crippen LogP) is 3.86. The van der Waals surface area contributed by atoms with Crippen LogP contribution in [0, 0.1) is 0 Å². The lowest BCUT2D eigenvalue weighted by molar-refractivity contribution is -0.140. The standard InChI is InChI=1S/C16H15F3N2O2/c1-9-3-4-10-7-11(15(22)23-2)5-6-12(10)14-20-13(8-21(9)14)16(17,18)19/h5-9H,3-4H2,1-2H3. The van der Waals surface area contributed by atoms with Crippen LogP contribution in [0.4, 0.5) is 13.2 Å². The number of nitrogens with zero attached hydrogens (tertiary/aromatic N) is 2. The van der Waals surface area contributed by atoms with Gasteiger partial charge < -0.3 is 9.30 Å². The molecular formula is C16H15F3N2O2. The fourth-order valence-corrected chi connectivity index (χ4v) is 2.83. The molecule has 1 atom stereocenters. The first-order chi connectivity index (χ1) is 10.8. The number of rotatable bonds is 1. The number of fused-ring (bicyclic) bond motifs is 3. The van der Waals surface area contributed by atoms with Crippen LogP contribution in [0.15, 0.2) is 24.4 Å². The Balaban J connectivity index is 2.15. The minimum absolute atomic E-state index is 0.109. The number of hydrogen-bond acceptors (Lipinski definition) is 3. The molecule has 1 aromatic heterocycles. The Bertz CT molecular complexity index is 765. The molecule has 0 radical (unpaired) electrons. The Kier molecular flexibility index (Phi) is 3.66. The van der Waals surface area contributed by atoms with Gasteiger partial charge in [0, 0.05) is 17.8 Å². The molecule has 23 heavy (non-hydrogen) atoms. The van der Waals surface area contributed by atoms with Crippen LogP contribution >= 0.6 is 0 Å². The SMILES string of the molecule is COC(=O)c1ccc2c(c1)CCC(C)n1cc(C(F)(F)F)nc1-2. The van der Waals surface area contributed by atoms with E-state index in [0.29, 0.717) is 24.0 Å². The van der Waals surface area contributed by atoms with Crippen molar-refractivity contribution in [2.24, 2.45) is 0 Å². The molecule has 7 heteroatoms. The second-order valence-corrected chi connectivity index (χ2v) is 5.61. The first-order valence-corrected chi connectivity index (χ1v) is 7.19. The molecule has 122 valence electrons. The maximum absolute atomic E-state index is 13.0. The minimum Gasteiger partial charge on any atom is -0.465 e. The zero-order valence-electron chi connectivity index (χ0n) is 12.6. The molecule has 0 fully saturated rings. The van der Waals surface area contributed by atoms with E-state index >= 15 is 0 Å². The first-order valence-electron chi connectivity index (χ1n) is 7.19. The number of ether oxygens (including phenoxy) is 1. The van der Waals surface area contributed by atoms with E-state index in [0.717, 1.165) is 11.8 Å². The van der Waals surface area contributed by atoms with Crippen molar-refractivity contribution in [2.45, 2.75) is 32.0 Å². The van der Waals surface area contributed by atoms with Crippen molar-refractivity contribution in [3.63, 3.8) is 0 Å². The summed E-state index contributed by atoms with van der Waals surface area (Å²) in [6.45, 7) is 1.86. The number of carbonyl (C=O) groups excluding carboxylic acids is 1. The van der Waals surface area contributed by atoms with Crippen molar-refractivity contribution >= 4 is 5.97 Å². The Morgan fingerprint density at radius 1 is 1.39 bits per heavy atom. The molecule has 0 N–H and O–H groups in total. The molecule has 1 aliphatic heterocycles. The molecule has 1 aromatic carbocycles. The van der Waals surface area contributed by atoms with Gasteiger partial charge in [-0.2, -0.15) is 13.2 Å². The highest BCUT2D eigenvalue weighted by atomic mass is 19.4. The van der Waals surface area contributed by atoms with Crippen LogP contribution in [0.25, 0.3) is 11.4 Å². The third kappa shape index (κ3) is 2.71. The highest BCUT2D eigenvalue weighted by Crippen LogP contribution is 2.37. The fourth-order valence-electron chi connectivity index (χ4n) is 2.83. The monoisotopic (exact) mass is 324 g/mol. The van der Waals surface area contributed by atoms with Gasteiger partial charge in [-0.25, -0.2) is 9.78 Å². The van der Waals surface area contributed by atoms with Crippen LogP contribution in [0.3, 0.4) is 0 Å². The second-order valence-electron chi connectivity index (χ2n) is 5.61. The number of alkyl halides is 3. The Morgan fingerprint density at radius 3 is 2.78 bits per heavy atom. The van der Waals surface area contributed by atoms with Gasteiger partial charge in [-0.1, -0.05) is 6.07 Å². The molecule has 0 aliphatic carbocycles. The van der Waals surface area contributed by atoms with Gasteiger partial charge in [-0.05, 0) is 37.5 Å². The molecule has 2 heterocycles. The van der Waals surface area contributed by atoms with E-state index < -0.39 is 17.8 Å². The number of carbonyl (C=O) groups is 1. The summed E-state index contributed by atoms with van der Waals surface area (Å²) in [4.78, 5) is 15.4. The van der Waals surface area contributed by atoms with E-state index in [9.17, 15) is 18.0 Å². The number of hydrogen-bond donors (Lipinski definition) is 0. The molecule has 0 bridgehead atoms. The largest absolute Gasteiger partial charge is 0.465 e. The number of imidazole rings is 1. The molecule has 3 rings (SSSR count). The van der Waals surface area contributed by atoms with Gasteiger partial charge in [0.05, 0.1) is 12.7 Å². The molecule has 2 aromatic rings. The van der Waals surface area contributed by atoms with Gasteiger partial charge in [0.15, 0.2) is 5.69 Å². The van der Waals surface area contributed by atoms with E-state index in [4.69, 9.17) is 0 Å². The fraction of sp³-hybridized carbons (Fsp3) is 0.375. The number of esters is 1. The van der Waals surface area contributed by atoms with Crippen molar-refractivity contribution in [1.82, 2.24) is 9.55 Å². The van der Waals surface area contributed by atoms with Crippen LogP contribution in [-0.2, 0) is 17.3 Å². The summed E-state index contributed by atoms with van der Waals surface area (Å²) in [6, 6.07) is 4.75. The van der Waals surface area contributed by atoms with Crippen LogP contribution in [0.2, 0.25) is 0 Å². The van der Waals surface area contributed by atoms with E-state index in [1.54, 1.807) is 22.8 Å². The van der Waals surface area contributed by atoms with Crippen LogP contribution < -0.4 is 0 Å². The van der Waals surface area contributed by atoms with Crippen molar-refractivity contribution in [3.05, 3.63) is 41.2 Å². The van der Waals surface area contributed by atoms with Crippen molar-refractivity contribution in [2.75, 3.05) is 7.11 Å². The maximum atomic E-state index is 13.0. The van der Waals surface area contributed by atoms with E-state index in [-0.39, 0.29) is 11.9 Å². The quantitative estimate of drug-likeness (QED) is 0.748. The van der Waals surface area contributed by atoms with Crippen LogP contribution in [0.5, 0.6) is 0 Å². The summed E-state index contributed by atoms with van der Waals surface area (Å²) < 4.78 is 45.1. The van der Waals surface area contributed by atoms with Crippen LogP contribution in [-0.4, -0.2) is 22.6 Å². The third-order valence-corrected chi connectivity index (χ3v) is 4.10. The summed E-state index contributed by atoms with van der Waals surface area (Å²) in [5.41, 5.74) is 0.912. The van der Waals surface area contributed by atoms with Crippen LogP contribution in [0.1, 0.15) is 41.0 Å². The first kappa shape index (κ1) is 15.6. The molecular weight excluding hydrogens is 309 g/mol.